The van der Waals surface area contributed by atoms with Crippen molar-refractivity contribution in [3.05, 3.63) is 0 Å². The number of hydrogen-bond donors (Lipinski definition) is 0. The Morgan fingerprint density at radius 1 is 1.12 bits per heavy atom. The van der Waals surface area contributed by atoms with Crippen LogP contribution >= 0.6 is 0 Å². The first-order valence-corrected chi connectivity index (χ1v) is 7.59. The van der Waals surface area contributed by atoms with Gasteiger partial charge in [-0.25, -0.2) is 0 Å². The van der Waals surface area contributed by atoms with E-state index in [0.29, 0.717) is 32.8 Å². The van der Waals surface area contributed by atoms with E-state index in [4.69, 9.17) is 13.3 Å². The minimum absolute atomic E-state index is 0.0852. The molecule has 0 aliphatic carbocycles. The minimum atomic E-state index is -2.94. The fourth-order valence-electron chi connectivity index (χ4n) is 1.84. The molecule has 0 bridgehead atoms. The predicted octanol–water partition coefficient (Wildman–Crippen LogP) is 1.15. The molecule has 6 heteroatoms. The van der Waals surface area contributed by atoms with Crippen molar-refractivity contribution in [2.75, 3.05) is 26.4 Å². The molecular weight excluding hydrogens is 226 g/mol. The Hall–Kier alpha value is -0.433. The summed E-state index contributed by atoms with van der Waals surface area (Å²) in [7, 11) is -2.94. The van der Waals surface area contributed by atoms with Gasteiger partial charge in [-0.05, 0) is 27.2 Å². The van der Waals surface area contributed by atoms with Gasteiger partial charge in [-0.3, -0.25) is 4.79 Å². The number of carbonyl (C=O) groups excluding carboxylic acids is 1. The van der Waals surface area contributed by atoms with E-state index in [1.54, 1.807) is 4.57 Å². The first-order chi connectivity index (χ1) is 7.70. The van der Waals surface area contributed by atoms with Gasteiger partial charge in [0.1, 0.15) is 0 Å². The van der Waals surface area contributed by atoms with Gasteiger partial charge in [0.15, 0.2) is 0 Å². The van der Waals surface area contributed by atoms with Crippen LogP contribution in [0.1, 0.15) is 33.6 Å². The maximum absolute atomic E-state index is 11.8. The Labute approximate surface area is 98.1 Å². The second-order valence-electron chi connectivity index (χ2n) is 3.47. The average Bonchev–Trinajstić information content (AvgIpc) is 2.66. The van der Waals surface area contributed by atoms with E-state index < -0.39 is 8.97 Å². The van der Waals surface area contributed by atoms with Gasteiger partial charge in [0.2, 0.25) is 5.91 Å². The highest BCUT2D eigenvalue weighted by Gasteiger charge is 2.52. The molecule has 0 atom stereocenters. The summed E-state index contributed by atoms with van der Waals surface area (Å²) < 4.78 is 18.7. The summed E-state index contributed by atoms with van der Waals surface area (Å²) in [6, 6.07) is 0. The third-order valence-corrected chi connectivity index (χ3v) is 5.48. The monoisotopic (exact) mass is 247 g/mol. The maximum atomic E-state index is 11.8. The van der Waals surface area contributed by atoms with Gasteiger partial charge in [0, 0.05) is 32.8 Å². The van der Waals surface area contributed by atoms with E-state index in [0.717, 1.165) is 6.42 Å². The number of rotatable bonds is 7. The zero-order chi connectivity index (χ0) is 12.0. The lowest BCUT2D eigenvalue weighted by molar-refractivity contribution is -0.128. The molecule has 0 aromatic rings. The van der Waals surface area contributed by atoms with Crippen molar-refractivity contribution in [2.24, 2.45) is 0 Å². The number of amides is 1. The number of carbonyl (C=O) groups is 1. The second-order valence-corrected chi connectivity index (χ2v) is 5.93. The predicted molar refractivity (Wildman–Crippen MR) is 61.6 cm³/mol. The molecule has 0 radical (unpaired) electrons. The fourth-order valence-corrected chi connectivity index (χ4v) is 4.50. The van der Waals surface area contributed by atoms with Gasteiger partial charge in [-0.15, -0.1) is 0 Å². The molecule has 1 rings (SSSR count). The highest BCUT2D eigenvalue weighted by molar-refractivity contribution is 6.60. The zero-order valence-electron chi connectivity index (χ0n) is 10.3. The van der Waals surface area contributed by atoms with Gasteiger partial charge >= 0.3 is 8.97 Å². The van der Waals surface area contributed by atoms with Crippen LogP contribution in [0.2, 0.25) is 0 Å². The third kappa shape index (κ3) is 2.82. The topological polar surface area (TPSA) is 48.0 Å². The van der Waals surface area contributed by atoms with Gasteiger partial charge in [-0.1, -0.05) is 0 Å². The zero-order valence-corrected chi connectivity index (χ0v) is 11.3. The Kier molecular flexibility index (Phi) is 5.40. The van der Waals surface area contributed by atoms with Crippen LogP contribution in [0.25, 0.3) is 0 Å². The van der Waals surface area contributed by atoms with E-state index in [1.165, 1.54) is 0 Å². The molecule has 1 fully saturated rings. The van der Waals surface area contributed by atoms with Crippen molar-refractivity contribution in [3.8, 4) is 0 Å². The summed E-state index contributed by atoms with van der Waals surface area (Å²) in [5.74, 6) is 0.0852. The standard InChI is InChI=1S/C10H21NO4Si/c1-4-13-16(14-5-2,15-6-3)11-9-7-8-10(11)12/h4-9H2,1-3H3. The molecule has 0 aromatic heterocycles. The highest BCUT2D eigenvalue weighted by atomic mass is 28.4. The molecule has 1 aliphatic rings. The summed E-state index contributed by atoms with van der Waals surface area (Å²) in [4.78, 5) is 11.8. The Morgan fingerprint density at radius 2 is 1.62 bits per heavy atom. The number of hydrogen-bond acceptors (Lipinski definition) is 4. The Balaban J connectivity index is 2.84. The highest BCUT2D eigenvalue weighted by Crippen LogP contribution is 2.22. The minimum Gasteiger partial charge on any atom is -0.357 e. The summed E-state index contributed by atoms with van der Waals surface area (Å²) >= 11 is 0. The summed E-state index contributed by atoms with van der Waals surface area (Å²) in [6.07, 6.45) is 1.43. The normalized spacial score (nSPS) is 17.2. The van der Waals surface area contributed by atoms with Crippen LogP contribution in [-0.4, -0.2) is 45.8 Å². The van der Waals surface area contributed by atoms with Gasteiger partial charge < -0.3 is 17.8 Å². The molecule has 5 nitrogen and oxygen atoms in total. The van der Waals surface area contributed by atoms with Crippen molar-refractivity contribution in [3.63, 3.8) is 0 Å². The second kappa shape index (κ2) is 6.34. The summed E-state index contributed by atoms with van der Waals surface area (Å²) in [5.41, 5.74) is 0. The molecule has 1 saturated heterocycles. The fraction of sp³-hybridized carbons (Fsp3) is 0.900. The van der Waals surface area contributed by atoms with Crippen LogP contribution in [-0.2, 0) is 18.1 Å². The van der Waals surface area contributed by atoms with E-state index in [1.807, 2.05) is 20.8 Å². The third-order valence-electron chi connectivity index (χ3n) is 2.38. The molecule has 94 valence electrons. The van der Waals surface area contributed by atoms with E-state index in [-0.39, 0.29) is 5.91 Å². The SMILES string of the molecule is CCO[Si](OCC)(OCC)N1CCCC1=O. The molecular formula is C10H21NO4Si. The van der Waals surface area contributed by atoms with Gasteiger partial charge in [0.05, 0.1) is 0 Å². The van der Waals surface area contributed by atoms with Crippen LogP contribution in [0.15, 0.2) is 0 Å². The first kappa shape index (κ1) is 13.6. The quantitative estimate of drug-likeness (QED) is 0.633. The Bertz CT molecular complexity index is 220. The summed E-state index contributed by atoms with van der Waals surface area (Å²) in [6.45, 7) is 7.84. The van der Waals surface area contributed by atoms with Crippen molar-refractivity contribution in [1.29, 1.82) is 0 Å². The van der Waals surface area contributed by atoms with Crippen molar-refractivity contribution in [2.45, 2.75) is 33.6 Å². The van der Waals surface area contributed by atoms with Gasteiger partial charge in [-0.2, -0.15) is 0 Å². The van der Waals surface area contributed by atoms with Crippen LogP contribution in [0.5, 0.6) is 0 Å². The molecule has 16 heavy (non-hydrogen) atoms. The molecule has 1 amide bonds. The molecule has 0 saturated carbocycles. The van der Waals surface area contributed by atoms with Crippen LogP contribution < -0.4 is 0 Å². The number of nitrogens with zero attached hydrogens (tertiary/aromatic N) is 1. The Morgan fingerprint density at radius 3 is 1.94 bits per heavy atom. The largest absolute Gasteiger partial charge is 0.635 e. The van der Waals surface area contributed by atoms with E-state index in [9.17, 15) is 4.79 Å². The molecule has 1 aliphatic heterocycles. The summed E-state index contributed by atoms with van der Waals surface area (Å²) in [5, 5.41) is 0. The molecule has 1 heterocycles. The van der Waals surface area contributed by atoms with Gasteiger partial charge in [0.25, 0.3) is 0 Å². The van der Waals surface area contributed by atoms with Crippen LogP contribution in [0.3, 0.4) is 0 Å². The molecule has 0 spiro atoms. The maximum Gasteiger partial charge on any atom is 0.635 e. The lowest BCUT2D eigenvalue weighted by Crippen LogP contribution is -2.61. The van der Waals surface area contributed by atoms with E-state index >= 15 is 0 Å². The van der Waals surface area contributed by atoms with Crippen LogP contribution in [0.4, 0.5) is 0 Å². The van der Waals surface area contributed by atoms with E-state index in [2.05, 4.69) is 0 Å². The lowest BCUT2D eigenvalue weighted by atomic mass is 10.4. The van der Waals surface area contributed by atoms with Crippen molar-refractivity contribution in [1.82, 2.24) is 4.57 Å². The average molecular weight is 247 g/mol. The smallest absolute Gasteiger partial charge is 0.357 e. The molecule has 0 unspecified atom stereocenters. The van der Waals surface area contributed by atoms with Crippen LogP contribution in [0, 0.1) is 0 Å². The van der Waals surface area contributed by atoms with Crippen molar-refractivity contribution < 1.29 is 18.1 Å². The molecule has 0 aromatic carbocycles. The van der Waals surface area contributed by atoms with Crippen molar-refractivity contribution >= 4 is 14.9 Å². The lowest BCUT2D eigenvalue weighted by Gasteiger charge is -2.34. The molecule has 0 N–H and O–H groups in total. The first-order valence-electron chi connectivity index (χ1n) is 5.92.